The van der Waals surface area contributed by atoms with Gasteiger partial charge in [0.05, 0.1) is 11.4 Å². The first-order valence-corrected chi connectivity index (χ1v) is 10.8. The minimum absolute atomic E-state index is 0.0870. The molecule has 3 aliphatic rings. The van der Waals surface area contributed by atoms with E-state index in [0.29, 0.717) is 11.7 Å². The summed E-state index contributed by atoms with van der Waals surface area (Å²) in [6.07, 6.45) is 8.36. The monoisotopic (exact) mass is 379 g/mol. The molecule has 148 valence electrons. The highest BCUT2D eigenvalue weighted by molar-refractivity contribution is 5.93. The van der Waals surface area contributed by atoms with Crippen LogP contribution in [0.25, 0.3) is 5.69 Å². The molecule has 6 heteroatoms. The predicted molar refractivity (Wildman–Crippen MR) is 108 cm³/mol. The summed E-state index contributed by atoms with van der Waals surface area (Å²) in [7, 11) is 0. The molecule has 0 bridgehead atoms. The zero-order valence-electron chi connectivity index (χ0n) is 16.7. The normalized spacial score (nSPS) is 20.3. The Hall–Kier alpha value is -2.21. The van der Waals surface area contributed by atoms with E-state index < -0.39 is 0 Å². The van der Waals surface area contributed by atoms with Crippen molar-refractivity contribution in [2.75, 3.05) is 13.1 Å². The van der Waals surface area contributed by atoms with Crippen LogP contribution in [0.15, 0.2) is 18.2 Å². The fourth-order valence-corrected chi connectivity index (χ4v) is 4.76. The molecule has 1 aromatic heterocycles. The van der Waals surface area contributed by atoms with Gasteiger partial charge in [0, 0.05) is 25.7 Å². The highest BCUT2D eigenvalue weighted by atomic mass is 16.2. The zero-order chi connectivity index (χ0) is 19.1. The molecule has 2 saturated carbocycles. The van der Waals surface area contributed by atoms with Crippen LogP contribution < -0.4 is 5.32 Å². The van der Waals surface area contributed by atoms with Gasteiger partial charge in [0.1, 0.15) is 0 Å². The lowest BCUT2D eigenvalue weighted by atomic mass is 9.97. The van der Waals surface area contributed by atoms with Crippen molar-refractivity contribution in [3.63, 3.8) is 0 Å². The number of carbonyl (C=O) groups excluding carboxylic acids is 1. The van der Waals surface area contributed by atoms with Crippen LogP contribution in [0.5, 0.6) is 0 Å². The minimum atomic E-state index is -0.0870. The number of fused-ring (bicyclic) bond motifs is 1. The smallest absolute Gasteiger partial charge is 0.273 e. The number of nitrogens with one attached hydrogen (secondary N) is 1. The number of nitrogens with zero attached hydrogens (tertiary/aromatic N) is 4. The zero-order valence-corrected chi connectivity index (χ0v) is 16.7. The standard InChI is InChI=1S/C22H29N5O/c1-15-21(22(28)23-18-6-2-3-7-18)24-25-27(15)20-8-4-5-17-14-26(12-11-19(17)20)13-16-9-10-16/h4-5,8,16,18H,2-3,6-7,9-14H2,1H3,(H,23,28). The van der Waals surface area contributed by atoms with Gasteiger partial charge in [-0.3, -0.25) is 9.69 Å². The van der Waals surface area contributed by atoms with Crippen LogP contribution in [-0.4, -0.2) is 44.9 Å². The fourth-order valence-electron chi connectivity index (χ4n) is 4.76. The average molecular weight is 380 g/mol. The van der Waals surface area contributed by atoms with Crippen LogP contribution in [0.2, 0.25) is 0 Å². The van der Waals surface area contributed by atoms with Crippen LogP contribution in [0.3, 0.4) is 0 Å². The molecular weight excluding hydrogens is 350 g/mol. The second-order valence-corrected chi connectivity index (χ2v) is 8.73. The van der Waals surface area contributed by atoms with Gasteiger partial charge in [0.25, 0.3) is 5.91 Å². The van der Waals surface area contributed by atoms with E-state index >= 15 is 0 Å². The molecular formula is C22H29N5O. The van der Waals surface area contributed by atoms with Crippen molar-refractivity contribution >= 4 is 5.91 Å². The van der Waals surface area contributed by atoms with E-state index in [1.807, 2.05) is 11.6 Å². The lowest BCUT2D eigenvalue weighted by molar-refractivity contribution is 0.0932. The van der Waals surface area contributed by atoms with Crippen molar-refractivity contribution in [2.24, 2.45) is 5.92 Å². The highest BCUT2D eigenvalue weighted by Crippen LogP contribution is 2.32. The number of hydrogen-bond acceptors (Lipinski definition) is 4. The second kappa shape index (κ2) is 7.32. The quantitative estimate of drug-likeness (QED) is 0.867. The number of aromatic nitrogens is 3. The summed E-state index contributed by atoms with van der Waals surface area (Å²) >= 11 is 0. The van der Waals surface area contributed by atoms with Crippen LogP contribution in [0.4, 0.5) is 0 Å². The predicted octanol–water partition coefficient (Wildman–Crippen LogP) is 3.02. The van der Waals surface area contributed by atoms with Crippen molar-refractivity contribution in [3.05, 3.63) is 40.7 Å². The third kappa shape index (κ3) is 3.46. The summed E-state index contributed by atoms with van der Waals surface area (Å²) in [5, 5.41) is 11.7. The molecule has 1 aliphatic heterocycles. The lowest BCUT2D eigenvalue weighted by Gasteiger charge is -2.30. The number of benzene rings is 1. The molecule has 0 radical (unpaired) electrons. The van der Waals surface area contributed by atoms with Crippen LogP contribution in [-0.2, 0) is 13.0 Å². The van der Waals surface area contributed by atoms with E-state index in [-0.39, 0.29) is 5.91 Å². The molecule has 0 atom stereocenters. The van der Waals surface area contributed by atoms with Gasteiger partial charge in [-0.2, -0.15) is 0 Å². The Balaban J connectivity index is 1.38. The molecule has 2 aromatic rings. The van der Waals surface area contributed by atoms with Crippen molar-refractivity contribution in [1.82, 2.24) is 25.2 Å². The van der Waals surface area contributed by atoms with Gasteiger partial charge in [-0.25, -0.2) is 4.68 Å². The third-order valence-corrected chi connectivity index (χ3v) is 6.56. The maximum absolute atomic E-state index is 12.7. The van der Waals surface area contributed by atoms with Crippen LogP contribution >= 0.6 is 0 Å². The van der Waals surface area contributed by atoms with Crippen molar-refractivity contribution in [3.8, 4) is 5.69 Å². The van der Waals surface area contributed by atoms with Gasteiger partial charge in [0.15, 0.2) is 5.69 Å². The molecule has 2 heterocycles. The number of rotatable bonds is 5. The Morgan fingerprint density at radius 1 is 1.21 bits per heavy atom. The van der Waals surface area contributed by atoms with E-state index in [4.69, 9.17) is 0 Å². The van der Waals surface area contributed by atoms with Gasteiger partial charge in [-0.05, 0) is 62.1 Å². The summed E-state index contributed by atoms with van der Waals surface area (Å²) in [6, 6.07) is 6.74. The molecule has 5 rings (SSSR count). The van der Waals surface area contributed by atoms with Gasteiger partial charge in [-0.1, -0.05) is 30.2 Å². The van der Waals surface area contributed by atoms with Crippen molar-refractivity contribution in [1.29, 1.82) is 0 Å². The van der Waals surface area contributed by atoms with E-state index in [9.17, 15) is 4.79 Å². The average Bonchev–Trinajstić information content (AvgIpc) is 3.20. The minimum Gasteiger partial charge on any atom is -0.348 e. The van der Waals surface area contributed by atoms with Gasteiger partial charge in [0.2, 0.25) is 0 Å². The third-order valence-electron chi connectivity index (χ3n) is 6.56. The Morgan fingerprint density at radius 2 is 2.04 bits per heavy atom. The second-order valence-electron chi connectivity index (χ2n) is 8.73. The Morgan fingerprint density at radius 3 is 2.82 bits per heavy atom. The molecule has 0 spiro atoms. The maximum Gasteiger partial charge on any atom is 0.273 e. The molecule has 0 unspecified atom stereocenters. The van der Waals surface area contributed by atoms with E-state index in [0.717, 1.165) is 49.7 Å². The van der Waals surface area contributed by atoms with Crippen molar-refractivity contribution in [2.45, 2.75) is 64.5 Å². The summed E-state index contributed by atoms with van der Waals surface area (Å²) in [6.45, 7) is 5.30. The Kier molecular flexibility index (Phi) is 4.67. The van der Waals surface area contributed by atoms with Crippen molar-refractivity contribution < 1.29 is 4.79 Å². The first kappa shape index (κ1) is 17.9. The van der Waals surface area contributed by atoms with E-state index in [1.165, 1.54) is 43.4 Å². The maximum atomic E-state index is 12.7. The summed E-state index contributed by atoms with van der Waals surface area (Å²) < 4.78 is 1.86. The Labute approximate surface area is 166 Å². The van der Waals surface area contributed by atoms with Gasteiger partial charge in [-0.15, -0.1) is 5.10 Å². The van der Waals surface area contributed by atoms with E-state index in [2.05, 4.69) is 38.7 Å². The molecule has 1 aromatic carbocycles. The topological polar surface area (TPSA) is 63.1 Å². The molecule has 0 saturated heterocycles. The van der Waals surface area contributed by atoms with E-state index in [1.54, 1.807) is 0 Å². The number of amides is 1. The van der Waals surface area contributed by atoms with Crippen LogP contribution in [0.1, 0.15) is 65.8 Å². The summed E-state index contributed by atoms with van der Waals surface area (Å²) in [5.74, 6) is 0.833. The fraction of sp³-hybridized carbons (Fsp3) is 0.591. The number of carbonyl (C=O) groups is 1. The molecule has 1 N–H and O–H groups in total. The molecule has 6 nitrogen and oxygen atoms in total. The molecule has 2 fully saturated rings. The first-order chi connectivity index (χ1) is 13.7. The first-order valence-electron chi connectivity index (χ1n) is 10.8. The Bertz CT molecular complexity index is 879. The number of hydrogen-bond donors (Lipinski definition) is 1. The molecule has 1 amide bonds. The summed E-state index contributed by atoms with van der Waals surface area (Å²) in [4.78, 5) is 15.3. The largest absolute Gasteiger partial charge is 0.348 e. The van der Waals surface area contributed by atoms with Gasteiger partial charge < -0.3 is 5.32 Å². The highest BCUT2D eigenvalue weighted by Gasteiger charge is 2.28. The molecule has 2 aliphatic carbocycles. The SMILES string of the molecule is Cc1c(C(=O)NC2CCCC2)nnn1-c1cccc2c1CCN(CC1CC1)C2. The van der Waals surface area contributed by atoms with Crippen LogP contribution in [0, 0.1) is 12.8 Å². The lowest BCUT2D eigenvalue weighted by Crippen LogP contribution is -2.33. The molecule has 28 heavy (non-hydrogen) atoms. The summed E-state index contributed by atoms with van der Waals surface area (Å²) in [5.41, 5.74) is 5.09. The van der Waals surface area contributed by atoms with Gasteiger partial charge >= 0.3 is 0 Å².